The van der Waals surface area contributed by atoms with Gasteiger partial charge in [0.05, 0.1) is 5.41 Å². The number of fused-ring (bicyclic) bond motifs is 10. The van der Waals surface area contributed by atoms with Gasteiger partial charge in [-0.05, 0) is 56.3 Å². The van der Waals surface area contributed by atoms with Crippen LogP contribution in [-0.2, 0) is 5.41 Å². The fourth-order valence-electron chi connectivity index (χ4n) is 7.72. The summed E-state index contributed by atoms with van der Waals surface area (Å²) >= 11 is 1.82. The number of nitrogens with zero attached hydrogens (tertiary/aromatic N) is 3. The van der Waals surface area contributed by atoms with Crippen LogP contribution >= 0.6 is 11.8 Å². The minimum atomic E-state index is -0.461. The summed E-state index contributed by atoms with van der Waals surface area (Å²) in [6, 6.07) is 58.4. The van der Waals surface area contributed by atoms with E-state index in [4.69, 9.17) is 15.0 Å². The second-order valence-corrected chi connectivity index (χ2v) is 13.4. The summed E-state index contributed by atoms with van der Waals surface area (Å²) in [6.45, 7) is 0. The molecule has 0 atom stereocenters. The topological polar surface area (TPSA) is 38.7 Å². The zero-order valence-electron chi connectivity index (χ0n) is 25.8. The minimum absolute atomic E-state index is 0.461. The molecular weight excluding hydrogens is 603 g/mol. The zero-order chi connectivity index (χ0) is 31.7. The van der Waals surface area contributed by atoms with Crippen LogP contribution in [-0.4, -0.2) is 15.0 Å². The molecule has 48 heavy (non-hydrogen) atoms. The molecule has 10 rings (SSSR count). The van der Waals surface area contributed by atoms with E-state index >= 15 is 0 Å². The lowest BCUT2D eigenvalue weighted by Crippen LogP contribution is -2.32. The molecule has 1 spiro atoms. The maximum Gasteiger partial charge on any atom is 0.165 e. The van der Waals surface area contributed by atoms with Crippen molar-refractivity contribution in [3.05, 3.63) is 186 Å². The highest BCUT2D eigenvalue weighted by atomic mass is 32.2. The van der Waals surface area contributed by atoms with E-state index in [1.165, 1.54) is 48.6 Å². The molecule has 1 aliphatic carbocycles. The normalized spacial score (nSPS) is 13.5. The molecule has 7 aromatic carbocycles. The SMILES string of the molecule is c1ccc(-c2nc(-c3ccc4ccccc4c3)nc(-c3cccc4c3Sc3ccccc3C43c4ccccc4-c4ccccc43)n2)cc1. The molecule has 224 valence electrons. The van der Waals surface area contributed by atoms with Crippen LogP contribution in [0.1, 0.15) is 22.3 Å². The Morgan fingerprint density at radius 1 is 0.375 bits per heavy atom. The third kappa shape index (κ3) is 3.93. The van der Waals surface area contributed by atoms with E-state index in [1.54, 1.807) is 0 Å². The van der Waals surface area contributed by atoms with Crippen LogP contribution in [0.25, 0.3) is 56.1 Å². The lowest BCUT2D eigenvalue weighted by Gasteiger charge is -2.40. The summed E-state index contributed by atoms with van der Waals surface area (Å²) in [5, 5.41) is 2.34. The molecule has 8 aromatic rings. The molecule has 0 unspecified atom stereocenters. The van der Waals surface area contributed by atoms with Crippen molar-refractivity contribution in [2.75, 3.05) is 0 Å². The fraction of sp³-hybridized carbons (Fsp3) is 0.0227. The molecule has 3 nitrogen and oxygen atoms in total. The predicted octanol–water partition coefficient (Wildman–Crippen LogP) is 10.9. The zero-order valence-corrected chi connectivity index (χ0v) is 26.7. The van der Waals surface area contributed by atoms with Gasteiger partial charge in [0.1, 0.15) is 0 Å². The molecule has 0 saturated heterocycles. The number of hydrogen-bond donors (Lipinski definition) is 0. The van der Waals surface area contributed by atoms with Gasteiger partial charge in [-0.1, -0.05) is 163 Å². The molecule has 0 N–H and O–H groups in total. The van der Waals surface area contributed by atoms with Gasteiger partial charge in [-0.25, -0.2) is 15.0 Å². The molecule has 1 aromatic heterocycles. The van der Waals surface area contributed by atoms with Crippen LogP contribution < -0.4 is 0 Å². The Morgan fingerprint density at radius 3 is 1.71 bits per heavy atom. The highest BCUT2D eigenvalue weighted by Gasteiger charge is 2.50. The Morgan fingerprint density at radius 2 is 0.938 bits per heavy atom. The molecule has 0 fully saturated rings. The number of hydrogen-bond acceptors (Lipinski definition) is 4. The maximum atomic E-state index is 5.24. The van der Waals surface area contributed by atoms with Crippen LogP contribution in [0.5, 0.6) is 0 Å². The van der Waals surface area contributed by atoms with Crippen molar-refractivity contribution in [1.82, 2.24) is 15.0 Å². The van der Waals surface area contributed by atoms with Crippen LogP contribution in [0.3, 0.4) is 0 Å². The molecule has 1 aliphatic heterocycles. The van der Waals surface area contributed by atoms with Gasteiger partial charge in [-0.2, -0.15) is 0 Å². The highest BCUT2D eigenvalue weighted by Crippen LogP contribution is 2.63. The Balaban J connectivity index is 1.26. The maximum absolute atomic E-state index is 5.24. The van der Waals surface area contributed by atoms with Crippen molar-refractivity contribution < 1.29 is 0 Å². The van der Waals surface area contributed by atoms with Gasteiger partial charge in [0.25, 0.3) is 0 Å². The van der Waals surface area contributed by atoms with Crippen LogP contribution in [0, 0.1) is 0 Å². The molecule has 0 bridgehead atoms. The monoisotopic (exact) mass is 629 g/mol. The Kier molecular flexibility index (Phi) is 6.02. The van der Waals surface area contributed by atoms with Crippen LogP contribution in [0.2, 0.25) is 0 Å². The van der Waals surface area contributed by atoms with E-state index in [9.17, 15) is 0 Å². The lowest BCUT2D eigenvalue weighted by atomic mass is 9.67. The van der Waals surface area contributed by atoms with E-state index in [1.807, 2.05) is 30.0 Å². The summed E-state index contributed by atoms with van der Waals surface area (Å²) in [5.74, 6) is 1.99. The Bertz CT molecular complexity index is 2510. The molecule has 2 aliphatic rings. The van der Waals surface area contributed by atoms with Crippen molar-refractivity contribution in [2.45, 2.75) is 15.2 Å². The summed E-state index contributed by atoms with van der Waals surface area (Å²) in [7, 11) is 0. The van der Waals surface area contributed by atoms with E-state index < -0.39 is 5.41 Å². The standard InChI is InChI=1S/C44H27N3S/c1-2-14-29(15-3-1)41-45-42(31-26-25-28-13-4-5-16-30(28)27-31)47-43(46-41)34-19-12-23-38-40(34)48-39-24-11-10-22-37(39)44(38)35-20-8-6-17-32(35)33-18-7-9-21-36(33)44/h1-27H. The number of aromatic nitrogens is 3. The van der Waals surface area contributed by atoms with Crippen molar-refractivity contribution >= 4 is 22.5 Å². The van der Waals surface area contributed by atoms with Gasteiger partial charge in [-0.3, -0.25) is 0 Å². The van der Waals surface area contributed by atoms with E-state index in [0.717, 1.165) is 22.1 Å². The molecule has 2 heterocycles. The van der Waals surface area contributed by atoms with Crippen molar-refractivity contribution in [2.24, 2.45) is 0 Å². The summed E-state index contributed by atoms with van der Waals surface area (Å²) in [4.78, 5) is 17.9. The highest BCUT2D eigenvalue weighted by molar-refractivity contribution is 7.99. The second-order valence-electron chi connectivity index (χ2n) is 12.4. The summed E-state index contributed by atoms with van der Waals surface area (Å²) in [6.07, 6.45) is 0. The fourth-order valence-corrected chi connectivity index (χ4v) is 9.02. The first-order chi connectivity index (χ1) is 23.8. The van der Waals surface area contributed by atoms with Gasteiger partial charge in [0.15, 0.2) is 17.5 Å². The molecule has 4 heteroatoms. The average Bonchev–Trinajstić information content (AvgIpc) is 3.45. The number of benzene rings is 7. The minimum Gasteiger partial charge on any atom is -0.208 e. The van der Waals surface area contributed by atoms with E-state index in [-0.39, 0.29) is 0 Å². The lowest BCUT2D eigenvalue weighted by molar-refractivity contribution is 0.722. The Labute approximate surface area is 283 Å². The summed E-state index contributed by atoms with van der Waals surface area (Å²) in [5.41, 5.74) is 10.3. The first kappa shape index (κ1) is 27.3. The third-order valence-electron chi connectivity index (χ3n) is 9.79. The van der Waals surface area contributed by atoms with Crippen molar-refractivity contribution in [3.63, 3.8) is 0 Å². The second kappa shape index (κ2) is 10.6. The molecule has 0 radical (unpaired) electrons. The quantitative estimate of drug-likeness (QED) is 0.195. The van der Waals surface area contributed by atoms with Gasteiger partial charge in [-0.15, -0.1) is 0 Å². The number of rotatable bonds is 3. The third-order valence-corrected chi connectivity index (χ3v) is 11.0. The van der Waals surface area contributed by atoms with E-state index in [2.05, 4.69) is 146 Å². The van der Waals surface area contributed by atoms with Gasteiger partial charge < -0.3 is 0 Å². The Hall–Kier alpha value is -5.84. The van der Waals surface area contributed by atoms with Crippen LogP contribution in [0.4, 0.5) is 0 Å². The van der Waals surface area contributed by atoms with Crippen molar-refractivity contribution in [3.8, 4) is 45.3 Å². The first-order valence-electron chi connectivity index (χ1n) is 16.2. The smallest absolute Gasteiger partial charge is 0.165 e. The first-order valence-corrected chi connectivity index (χ1v) is 17.0. The van der Waals surface area contributed by atoms with Gasteiger partial charge in [0.2, 0.25) is 0 Å². The summed E-state index contributed by atoms with van der Waals surface area (Å²) < 4.78 is 0. The average molecular weight is 630 g/mol. The molecule has 0 amide bonds. The van der Waals surface area contributed by atoms with Crippen molar-refractivity contribution in [1.29, 1.82) is 0 Å². The van der Waals surface area contributed by atoms with Gasteiger partial charge in [0, 0.05) is 26.5 Å². The molecule has 0 saturated carbocycles. The molecular formula is C44H27N3S. The van der Waals surface area contributed by atoms with Crippen LogP contribution in [0.15, 0.2) is 174 Å². The largest absolute Gasteiger partial charge is 0.208 e. The van der Waals surface area contributed by atoms with Gasteiger partial charge >= 0.3 is 0 Å². The predicted molar refractivity (Wildman–Crippen MR) is 195 cm³/mol. The van der Waals surface area contributed by atoms with E-state index in [0.29, 0.717) is 17.5 Å².